The fourth-order valence-corrected chi connectivity index (χ4v) is 16.7. The molecule has 3 unspecified atom stereocenters. The molecule has 1 rings (SSSR count). The highest BCUT2D eigenvalue weighted by molar-refractivity contribution is 6.90. The van der Waals surface area contributed by atoms with Gasteiger partial charge in [0.05, 0.1) is 0 Å². The molecule has 1 aliphatic heterocycles. The highest BCUT2D eigenvalue weighted by Crippen LogP contribution is 2.34. The van der Waals surface area contributed by atoms with Crippen LogP contribution in [0.4, 0.5) is 0 Å². The van der Waals surface area contributed by atoms with E-state index in [1.54, 1.807) is 0 Å². The molecule has 0 aromatic heterocycles. The third kappa shape index (κ3) is 7.92. The molecule has 0 bridgehead atoms. The first-order chi connectivity index (χ1) is 10.6. The van der Waals surface area contributed by atoms with Crippen LogP contribution in [-0.4, -0.2) is 51.9 Å². The molecule has 0 spiro atoms. The van der Waals surface area contributed by atoms with Crippen molar-refractivity contribution in [3.8, 4) is 0 Å². The van der Waals surface area contributed by atoms with Crippen molar-refractivity contribution in [1.29, 1.82) is 0 Å². The van der Waals surface area contributed by atoms with Gasteiger partial charge in [-0.3, -0.25) is 0 Å². The summed E-state index contributed by atoms with van der Waals surface area (Å²) < 4.78 is 31.9. The molecule has 1 aliphatic rings. The molecule has 0 aliphatic carbocycles. The number of hydrogen-bond donors (Lipinski definition) is 0. The van der Waals surface area contributed by atoms with Gasteiger partial charge in [0.25, 0.3) is 0 Å². The van der Waals surface area contributed by atoms with Crippen molar-refractivity contribution in [2.75, 3.05) is 0 Å². The van der Waals surface area contributed by atoms with Gasteiger partial charge in [-0.2, -0.15) is 0 Å². The molecule has 24 heavy (non-hydrogen) atoms. The van der Waals surface area contributed by atoms with Crippen LogP contribution in [0.2, 0.25) is 58.9 Å². The second-order valence-corrected chi connectivity index (χ2v) is 26.5. The van der Waals surface area contributed by atoms with Crippen LogP contribution < -0.4 is 0 Å². The third-order valence-corrected chi connectivity index (χ3v) is 15.2. The lowest BCUT2D eigenvalue weighted by Gasteiger charge is -2.45. The van der Waals surface area contributed by atoms with Crippen molar-refractivity contribution in [3.63, 3.8) is 0 Å². The van der Waals surface area contributed by atoms with Gasteiger partial charge in [-0.1, -0.05) is 6.92 Å². The maximum Gasteiger partial charge on any atom is 0.500 e. The average Bonchev–Trinajstić information content (AvgIpc) is 2.94. The second-order valence-electron chi connectivity index (χ2n) is 9.49. The van der Waals surface area contributed by atoms with E-state index in [2.05, 4.69) is 65.8 Å². The van der Waals surface area contributed by atoms with Crippen LogP contribution in [0.25, 0.3) is 0 Å². The van der Waals surface area contributed by atoms with Crippen molar-refractivity contribution in [2.45, 2.75) is 97.3 Å². The fraction of sp³-hybridized carbons (Fsp3) is 1.00. The van der Waals surface area contributed by atoms with Gasteiger partial charge in [0.1, 0.15) is 11.8 Å². The number of epoxide rings is 1. The van der Waals surface area contributed by atoms with E-state index in [1.165, 1.54) is 0 Å². The Balaban J connectivity index is 3.24. The summed E-state index contributed by atoms with van der Waals surface area (Å²) in [6.45, 7) is 23.9. The van der Waals surface area contributed by atoms with Gasteiger partial charge in [-0.25, -0.2) is 0 Å². The summed E-state index contributed by atoms with van der Waals surface area (Å²) >= 11 is 0. The summed E-state index contributed by atoms with van der Waals surface area (Å²) in [5, 5.41) is 0. The molecule has 1 heterocycles. The van der Waals surface area contributed by atoms with Gasteiger partial charge in [0.15, 0.2) is 31.2 Å². The first kappa shape index (κ1) is 22.7. The van der Waals surface area contributed by atoms with Gasteiger partial charge in [-0.05, 0) is 72.3 Å². The SMILES string of the molecule is CCC(OC1OC1C)[Si](O[Si](C)(C)C)(O[Si](C)(C)C)O[Si](C)(C)C. The van der Waals surface area contributed by atoms with Crippen LogP contribution in [0.15, 0.2) is 0 Å². The van der Waals surface area contributed by atoms with E-state index in [-0.39, 0.29) is 18.1 Å². The molecule has 9 heteroatoms. The van der Waals surface area contributed by atoms with Crippen LogP contribution in [0.1, 0.15) is 20.3 Å². The molecule has 144 valence electrons. The normalized spacial score (nSPS) is 24.1. The van der Waals surface area contributed by atoms with E-state index in [4.69, 9.17) is 21.8 Å². The minimum Gasteiger partial charge on any atom is -0.415 e. The Kier molecular flexibility index (Phi) is 7.31. The summed E-state index contributed by atoms with van der Waals surface area (Å²) in [5.74, 6) is 0. The average molecular weight is 411 g/mol. The first-order valence-electron chi connectivity index (χ1n) is 8.98. The molecule has 3 atom stereocenters. The summed E-state index contributed by atoms with van der Waals surface area (Å²) in [6, 6.07) is 0. The predicted octanol–water partition coefficient (Wildman–Crippen LogP) is 4.56. The van der Waals surface area contributed by atoms with Crippen molar-refractivity contribution < 1.29 is 21.8 Å². The minimum atomic E-state index is -3.00. The van der Waals surface area contributed by atoms with E-state index >= 15 is 0 Å². The summed E-state index contributed by atoms with van der Waals surface area (Å²) in [7, 11) is -8.65. The third-order valence-electron chi connectivity index (χ3n) is 3.06. The van der Waals surface area contributed by atoms with Crippen molar-refractivity contribution in [1.82, 2.24) is 0 Å². The molecular weight excluding hydrogens is 373 g/mol. The van der Waals surface area contributed by atoms with E-state index in [0.29, 0.717) is 0 Å². The summed E-state index contributed by atoms with van der Waals surface area (Å²) in [6.07, 6.45) is 0.803. The zero-order valence-corrected chi connectivity index (χ0v) is 21.5. The Morgan fingerprint density at radius 2 is 1.12 bits per heavy atom. The molecule has 0 aromatic carbocycles. The Morgan fingerprint density at radius 1 is 0.792 bits per heavy atom. The minimum absolute atomic E-state index is 0.149. The van der Waals surface area contributed by atoms with Crippen molar-refractivity contribution in [2.24, 2.45) is 0 Å². The summed E-state index contributed by atoms with van der Waals surface area (Å²) in [4.78, 5) is 0. The Morgan fingerprint density at radius 3 is 1.33 bits per heavy atom. The smallest absolute Gasteiger partial charge is 0.415 e. The molecule has 0 saturated carbocycles. The Labute approximate surface area is 153 Å². The van der Waals surface area contributed by atoms with Gasteiger partial charge < -0.3 is 21.8 Å². The second kappa shape index (κ2) is 7.73. The van der Waals surface area contributed by atoms with Crippen molar-refractivity contribution >= 4 is 33.8 Å². The molecule has 0 radical (unpaired) electrons. The van der Waals surface area contributed by atoms with Gasteiger partial charge in [-0.15, -0.1) is 0 Å². The van der Waals surface area contributed by atoms with Crippen molar-refractivity contribution in [3.05, 3.63) is 0 Å². The maximum absolute atomic E-state index is 6.72. The topological polar surface area (TPSA) is 49.5 Å². The number of hydrogen-bond acceptors (Lipinski definition) is 5. The van der Waals surface area contributed by atoms with Crippen LogP contribution >= 0.6 is 0 Å². The van der Waals surface area contributed by atoms with E-state index < -0.39 is 33.8 Å². The molecule has 0 N–H and O–H groups in total. The Bertz CT molecular complexity index is 373. The van der Waals surface area contributed by atoms with E-state index in [1.807, 2.05) is 6.92 Å². The first-order valence-corrected chi connectivity index (χ1v) is 21.0. The van der Waals surface area contributed by atoms with Gasteiger partial charge >= 0.3 is 8.80 Å². The number of ether oxygens (including phenoxy) is 2. The lowest BCUT2D eigenvalue weighted by molar-refractivity contribution is -0.00747. The van der Waals surface area contributed by atoms with E-state index in [0.717, 1.165) is 6.42 Å². The quantitative estimate of drug-likeness (QED) is 0.390. The molecular formula is C15H38O5Si4. The fourth-order valence-electron chi connectivity index (χ4n) is 2.44. The highest BCUT2D eigenvalue weighted by Gasteiger charge is 2.58. The van der Waals surface area contributed by atoms with Crippen LogP contribution in [0.5, 0.6) is 0 Å². The zero-order chi connectivity index (χ0) is 19.0. The molecule has 0 aromatic rings. The number of rotatable bonds is 10. The standard InChI is InChI=1S/C15H38O5Si4/c1-12-14(17-15-13(2)16-15)24(18-21(3,4)5,19-22(6,7)8)20-23(9,10)11/h13-15H,12H2,1-11H3. The van der Waals surface area contributed by atoms with Crippen LogP contribution in [-0.2, 0) is 21.8 Å². The van der Waals surface area contributed by atoms with Crippen LogP contribution in [0, 0.1) is 0 Å². The highest BCUT2D eigenvalue weighted by atomic mass is 28.5. The lowest BCUT2D eigenvalue weighted by Crippen LogP contribution is -2.67. The predicted molar refractivity (Wildman–Crippen MR) is 109 cm³/mol. The lowest BCUT2D eigenvalue weighted by atomic mass is 10.5. The molecule has 1 saturated heterocycles. The van der Waals surface area contributed by atoms with Crippen LogP contribution in [0.3, 0.4) is 0 Å². The monoisotopic (exact) mass is 410 g/mol. The van der Waals surface area contributed by atoms with E-state index in [9.17, 15) is 0 Å². The summed E-state index contributed by atoms with van der Waals surface area (Å²) in [5.41, 5.74) is -0.169. The van der Waals surface area contributed by atoms with Gasteiger partial charge in [0.2, 0.25) is 0 Å². The molecule has 5 nitrogen and oxygen atoms in total. The Hall–Kier alpha value is 0.668. The maximum atomic E-state index is 6.72. The van der Waals surface area contributed by atoms with Gasteiger partial charge in [0, 0.05) is 0 Å². The zero-order valence-electron chi connectivity index (χ0n) is 17.5. The largest absolute Gasteiger partial charge is 0.500 e. The molecule has 1 fully saturated rings. The molecule has 0 amide bonds.